The van der Waals surface area contributed by atoms with Crippen LogP contribution in [0.25, 0.3) is 0 Å². The number of aliphatic hydroxyl groups is 1. The lowest BCUT2D eigenvalue weighted by molar-refractivity contribution is -0.113. The van der Waals surface area contributed by atoms with Crippen molar-refractivity contribution < 1.29 is 5.11 Å². The van der Waals surface area contributed by atoms with Crippen LogP contribution >= 0.6 is 0 Å². The van der Waals surface area contributed by atoms with E-state index >= 15 is 0 Å². The predicted octanol–water partition coefficient (Wildman–Crippen LogP) is 8.68. The first-order chi connectivity index (χ1) is 13.4. The third kappa shape index (κ3) is 6.90. The monoisotopic (exact) mass is 390 g/mol. The van der Waals surface area contributed by atoms with Gasteiger partial charge in [-0.15, -0.1) is 0 Å². The molecule has 1 atom stereocenters. The molecule has 1 aromatic rings. The number of rotatable bonds is 9. The van der Waals surface area contributed by atoms with Crippen LogP contribution in [0.2, 0.25) is 0 Å². The van der Waals surface area contributed by atoms with Gasteiger partial charge in [0.05, 0.1) is 5.60 Å². The summed E-state index contributed by atoms with van der Waals surface area (Å²) < 4.78 is 0. The number of fused-ring (bicyclic) bond motifs is 1. The second kappa shape index (κ2) is 14.2. The number of hydrogen-bond acceptors (Lipinski definition) is 1. The third-order valence-electron chi connectivity index (χ3n) is 6.16. The van der Waals surface area contributed by atoms with Crippen LogP contribution in [0.3, 0.4) is 0 Å². The highest BCUT2D eigenvalue weighted by atomic mass is 16.3. The Kier molecular flexibility index (Phi) is 13.8. The van der Waals surface area contributed by atoms with Crippen molar-refractivity contribution in [3.63, 3.8) is 0 Å². The van der Waals surface area contributed by atoms with E-state index in [0.29, 0.717) is 5.92 Å². The molecule has 0 saturated heterocycles. The summed E-state index contributed by atoms with van der Waals surface area (Å²) in [5.74, 6) is 0.376. The van der Waals surface area contributed by atoms with Crippen molar-refractivity contribution in [3.05, 3.63) is 35.4 Å². The maximum Gasteiger partial charge on any atom is 0.0980 e. The summed E-state index contributed by atoms with van der Waals surface area (Å²) in [6, 6.07) is 8.49. The van der Waals surface area contributed by atoms with Gasteiger partial charge in [-0.2, -0.15) is 0 Å². The van der Waals surface area contributed by atoms with Gasteiger partial charge in [0.25, 0.3) is 0 Å². The smallest absolute Gasteiger partial charge is 0.0980 e. The molecule has 0 amide bonds. The van der Waals surface area contributed by atoms with Crippen molar-refractivity contribution in [2.75, 3.05) is 0 Å². The van der Waals surface area contributed by atoms with Gasteiger partial charge < -0.3 is 5.11 Å². The molecule has 1 aliphatic carbocycles. The number of benzene rings is 1. The summed E-state index contributed by atoms with van der Waals surface area (Å²) in [4.78, 5) is 0. The standard InChI is InChI=1S/C18H28O.C7H16.C2H6/c1-5-9-15(10-6-2)18(19)16-12-8-7-11-14(16)13-17(18,3)4;1-3-5-7-6-4-2;1-2/h7-8,11-12,15,19H,5-6,9-10,13H2,1-4H3;3-7H2,1-2H3;1-2H3. The van der Waals surface area contributed by atoms with Crippen molar-refractivity contribution in [1.82, 2.24) is 0 Å². The molecule has 0 saturated carbocycles. The second-order valence-electron chi connectivity index (χ2n) is 8.82. The quantitative estimate of drug-likeness (QED) is 0.418. The van der Waals surface area contributed by atoms with E-state index in [1.807, 2.05) is 13.8 Å². The molecule has 0 aromatic heterocycles. The Bertz CT molecular complexity index is 495. The fraction of sp³-hybridized carbons (Fsp3) is 0.778. The van der Waals surface area contributed by atoms with E-state index in [1.54, 1.807) is 0 Å². The highest BCUT2D eigenvalue weighted by molar-refractivity contribution is 5.41. The Morgan fingerprint density at radius 3 is 1.79 bits per heavy atom. The van der Waals surface area contributed by atoms with Crippen molar-refractivity contribution in [2.45, 2.75) is 125 Å². The zero-order valence-corrected chi connectivity index (χ0v) is 20.4. The molecule has 1 N–H and O–H groups in total. The number of unbranched alkanes of at least 4 members (excludes halogenated alkanes) is 4. The van der Waals surface area contributed by atoms with Gasteiger partial charge in [0.15, 0.2) is 0 Å². The minimum absolute atomic E-state index is 0.0638. The molecule has 1 aromatic carbocycles. The van der Waals surface area contributed by atoms with Crippen molar-refractivity contribution in [3.8, 4) is 0 Å². The molecule has 1 nitrogen and oxygen atoms in total. The maximum atomic E-state index is 11.6. The largest absolute Gasteiger partial charge is 0.384 e. The molecule has 0 spiro atoms. The first-order valence-corrected chi connectivity index (χ1v) is 12.2. The van der Waals surface area contributed by atoms with Crippen LogP contribution in [0.15, 0.2) is 24.3 Å². The molecule has 2 rings (SSSR count). The number of hydrogen-bond donors (Lipinski definition) is 1. The maximum absolute atomic E-state index is 11.6. The highest BCUT2D eigenvalue weighted by Crippen LogP contribution is 2.55. The molecule has 1 aliphatic rings. The lowest BCUT2D eigenvalue weighted by Gasteiger charge is -2.44. The van der Waals surface area contributed by atoms with Crippen LogP contribution in [0, 0.1) is 11.3 Å². The van der Waals surface area contributed by atoms with Crippen LogP contribution in [-0.2, 0) is 12.0 Å². The van der Waals surface area contributed by atoms with Gasteiger partial charge in [0, 0.05) is 5.41 Å². The van der Waals surface area contributed by atoms with Gasteiger partial charge in [-0.3, -0.25) is 0 Å². The lowest BCUT2D eigenvalue weighted by Crippen LogP contribution is -2.45. The summed E-state index contributed by atoms with van der Waals surface area (Å²) in [5, 5.41) is 11.6. The van der Waals surface area contributed by atoms with Crippen molar-refractivity contribution >= 4 is 0 Å². The zero-order chi connectivity index (χ0) is 21.6. The highest BCUT2D eigenvalue weighted by Gasteiger charge is 2.54. The topological polar surface area (TPSA) is 20.2 Å². The predicted molar refractivity (Wildman–Crippen MR) is 127 cm³/mol. The summed E-state index contributed by atoms with van der Waals surface area (Å²) in [5.41, 5.74) is 1.81. The minimum atomic E-state index is -0.657. The molecule has 1 unspecified atom stereocenters. The average Bonchev–Trinajstić information content (AvgIpc) is 2.90. The molecular formula is C27H50O. The summed E-state index contributed by atoms with van der Waals surface area (Å²) >= 11 is 0. The van der Waals surface area contributed by atoms with Crippen LogP contribution in [-0.4, -0.2) is 5.11 Å². The van der Waals surface area contributed by atoms with Gasteiger partial charge in [0.2, 0.25) is 0 Å². The zero-order valence-electron chi connectivity index (χ0n) is 20.4. The molecule has 1 heteroatoms. The van der Waals surface area contributed by atoms with Crippen LogP contribution in [0.1, 0.15) is 124 Å². The van der Waals surface area contributed by atoms with Crippen LogP contribution in [0.5, 0.6) is 0 Å². The van der Waals surface area contributed by atoms with Gasteiger partial charge in [0.1, 0.15) is 0 Å². The van der Waals surface area contributed by atoms with E-state index in [9.17, 15) is 5.11 Å². The van der Waals surface area contributed by atoms with Crippen LogP contribution < -0.4 is 0 Å². The van der Waals surface area contributed by atoms with E-state index in [0.717, 1.165) is 32.1 Å². The van der Waals surface area contributed by atoms with Gasteiger partial charge in [-0.25, -0.2) is 0 Å². The van der Waals surface area contributed by atoms with E-state index in [-0.39, 0.29) is 5.41 Å². The molecule has 28 heavy (non-hydrogen) atoms. The van der Waals surface area contributed by atoms with Gasteiger partial charge in [-0.05, 0) is 36.3 Å². The summed E-state index contributed by atoms with van der Waals surface area (Å²) in [7, 11) is 0. The first-order valence-electron chi connectivity index (χ1n) is 12.2. The Labute approximate surface area is 177 Å². The second-order valence-corrected chi connectivity index (χ2v) is 8.82. The minimum Gasteiger partial charge on any atom is -0.384 e. The summed E-state index contributed by atoms with van der Waals surface area (Å²) in [6.07, 6.45) is 12.5. The molecule has 0 bridgehead atoms. The van der Waals surface area contributed by atoms with Crippen molar-refractivity contribution in [2.24, 2.45) is 11.3 Å². The molecule has 0 radical (unpaired) electrons. The van der Waals surface area contributed by atoms with Crippen LogP contribution in [0.4, 0.5) is 0 Å². The van der Waals surface area contributed by atoms with Crippen molar-refractivity contribution in [1.29, 1.82) is 0 Å². The normalized spacial score (nSPS) is 19.4. The van der Waals surface area contributed by atoms with E-state index < -0.39 is 5.60 Å². The van der Waals surface area contributed by atoms with E-state index in [2.05, 4.69) is 65.8 Å². The van der Waals surface area contributed by atoms with Gasteiger partial charge >= 0.3 is 0 Å². The molecule has 164 valence electrons. The van der Waals surface area contributed by atoms with Gasteiger partial charge in [-0.1, -0.05) is 125 Å². The molecule has 0 aliphatic heterocycles. The Morgan fingerprint density at radius 2 is 1.32 bits per heavy atom. The third-order valence-corrected chi connectivity index (χ3v) is 6.16. The van der Waals surface area contributed by atoms with E-state index in [4.69, 9.17) is 0 Å². The lowest BCUT2D eigenvalue weighted by atomic mass is 9.65. The fourth-order valence-corrected chi connectivity index (χ4v) is 4.73. The SMILES string of the molecule is CC.CCCC(CCC)C1(O)c2ccccc2CC1(C)C.CCCCCCC. The molecule has 0 fully saturated rings. The fourth-order valence-electron chi connectivity index (χ4n) is 4.73. The Morgan fingerprint density at radius 1 is 0.821 bits per heavy atom. The Hall–Kier alpha value is -0.820. The molecule has 0 heterocycles. The first kappa shape index (κ1) is 27.2. The molecular weight excluding hydrogens is 340 g/mol. The Balaban J connectivity index is 0.000000688. The summed E-state index contributed by atoms with van der Waals surface area (Å²) in [6.45, 7) is 17.4. The van der Waals surface area contributed by atoms with E-state index in [1.165, 1.54) is 43.2 Å². The average molecular weight is 391 g/mol.